The van der Waals surface area contributed by atoms with Gasteiger partial charge in [-0.25, -0.2) is 25.3 Å². The van der Waals surface area contributed by atoms with Gasteiger partial charge in [0.2, 0.25) is 19.7 Å². The number of benzene rings is 8. The van der Waals surface area contributed by atoms with Gasteiger partial charge < -0.3 is 33.0 Å². The largest absolute Gasteiger partial charge is 1.00 e. The Labute approximate surface area is 442 Å². The molecule has 0 aliphatic heterocycles. The maximum absolute atomic E-state index is 13.4. The van der Waals surface area contributed by atoms with E-state index in [1.54, 1.807) is 66.7 Å². The van der Waals surface area contributed by atoms with E-state index in [4.69, 9.17) is 34.8 Å². The molecule has 0 aliphatic rings. The third-order valence-corrected chi connectivity index (χ3v) is 14.7. The van der Waals surface area contributed by atoms with Gasteiger partial charge in [-0.3, -0.25) is 0 Å². The molecule has 13 nitrogen and oxygen atoms in total. The first-order chi connectivity index (χ1) is 32.6. The first-order valence-corrected chi connectivity index (χ1v) is 24.6. The molecule has 0 bridgehead atoms. The molecule has 0 atom stereocenters. The minimum atomic E-state index is -4.90. The van der Waals surface area contributed by atoms with E-state index in [-0.39, 0.29) is 88.2 Å². The van der Waals surface area contributed by atoms with E-state index in [9.17, 15) is 29.8 Å². The predicted molar refractivity (Wildman–Crippen MR) is 251 cm³/mol. The number of rotatable bonds is 16. The minimum absolute atomic E-state index is 0. The van der Waals surface area contributed by atoms with Crippen LogP contribution in [-0.4, -0.2) is 44.0 Å². The summed E-state index contributed by atoms with van der Waals surface area (Å²) in [5.74, 6) is 5.94. The fraction of sp³-hybridized carbons (Fsp3) is 0.0385. The smallest absolute Gasteiger partial charge is 0.744 e. The first-order valence-electron chi connectivity index (χ1n) is 20.2. The molecule has 0 aliphatic carbocycles. The summed E-state index contributed by atoms with van der Waals surface area (Å²) >= 11 is 0. The van der Waals surface area contributed by atoms with Gasteiger partial charge in [-0.1, -0.05) is 30.2 Å². The van der Waals surface area contributed by atoms with Crippen molar-refractivity contribution < 1.29 is 110 Å². The first kappa shape index (κ1) is 50.4. The van der Waals surface area contributed by atoms with E-state index in [0.717, 1.165) is 17.2 Å². The molecule has 0 amide bonds. The van der Waals surface area contributed by atoms with Gasteiger partial charge >= 0.3 is 51.4 Å². The molecule has 69 heavy (non-hydrogen) atoms. The van der Waals surface area contributed by atoms with Crippen LogP contribution in [0.3, 0.4) is 0 Å². The average Bonchev–Trinajstić information content (AvgIpc) is 3.35. The molecular formula is C52H37KO13S3. The van der Waals surface area contributed by atoms with Gasteiger partial charge in [0.1, 0.15) is 72.5 Å². The van der Waals surface area contributed by atoms with Crippen LogP contribution in [0.4, 0.5) is 0 Å². The number of sulfone groups is 2. The number of hydrogen-bond acceptors (Lipinski definition) is 13. The van der Waals surface area contributed by atoms with Crippen molar-refractivity contribution >= 4 is 29.8 Å². The molecule has 342 valence electrons. The topological polar surface area (TPSA) is 181 Å². The van der Waals surface area contributed by atoms with Crippen molar-refractivity contribution in [2.24, 2.45) is 0 Å². The van der Waals surface area contributed by atoms with Crippen molar-refractivity contribution in [1.82, 2.24) is 0 Å². The molecule has 0 spiro atoms. The standard InChI is InChI=1S/C52H38O13S3.K/c1-4-35-33-45(22-31-50(35)61-3)64-42-17-27-48(28-18-42)66(53,54)46-23-13-40(14-24-46)62-38-9-5-36(6-10-38)37-7-11-39(12-8-37)63-41-15-25-47(26-16-41)67(55,56)49-29-19-43(20-30-49)65-51-32-21-44(60-2)34-52(51)68(57,58)59;/h1,5-34H,2-3H3,(H,57,58,59);/q;+1/p-1. The molecule has 0 aromatic heterocycles. The van der Waals surface area contributed by atoms with Crippen molar-refractivity contribution in [3.8, 4) is 81.0 Å². The quantitative estimate of drug-likeness (QED) is 0.0515. The van der Waals surface area contributed by atoms with Crippen molar-refractivity contribution in [3.05, 3.63) is 188 Å². The van der Waals surface area contributed by atoms with Crippen LogP contribution in [0.25, 0.3) is 11.1 Å². The van der Waals surface area contributed by atoms with Gasteiger partial charge in [0.15, 0.2) is 0 Å². The van der Waals surface area contributed by atoms with Gasteiger partial charge in [0, 0.05) is 12.1 Å². The second kappa shape index (κ2) is 21.5. The fourth-order valence-electron chi connectivity index (χ4n) is 6.74. The Morgan fingerprint density at radius 3 is 1.06 bits per heavy atom. The maximum atomic E-state index is 13.4. The van der Waals surface area contributed by atoms with Crippen molar-refractivity contribution in [2.45, 2.75) is 24.5 Å². The summed E-state index contributed by atoms with van der Waals surface area (Å²) in [7, 11) is -9.84. The summed E-state index contributed by atoms with van der Waals surface area (Å²) in [6.45, 7) is 0. The molecule has 0 fully saturated rings. The summed E-state index contributed by atoms with van der Waals surface area (Å²) in [6, 6.07) is 47.0. The zero-order valence-electron chi connectivity index (χ0n) is 36.9. The summed E-state index contributed by atoms with van der Waals surface area (Å²) in [6.07, 6.45) is 5.56. The van der Waals surface area contributed by atoms with Gasteiger partial charge in [-0.05, 0) is 157 Å². The number of terminal acetylenes is 1. The second-order valence-corrected chi connectivity index (χ2v) is 19.9. The van der Waals surface area contributed by atoms with Crippen LogP contribution >= 0.6 is 0 Å². The van der Waals surface area contributed by atoms with Gasteiger partial charge in [0.25, 0.3) is 0 Å². The van der Waals surface area contributed by atoms with Crippen LogP contribution in [0.2, 0.25) is 0 Å². The SMILES string of the molecule is C#Cc1cc(Oc2ccc(S(=O)(=O)c3ccc(Oc4ccc(-c5ccc(Oc6ccc(S(=O)(=O)c7ccc(Oc8ccc(OC)cc8S(=O)(=O)[O-])cc7)cc6)cc5)cc4)cc3)cc2)ccc1OC.[K+]. The fourth-order valence-corrected chi connectivity index (χ4v) is 9.88. The zero-order chi connectivity index (χ0) is 48.1. The molecule has 8 aromatic rings. The number of ether oxygens (including phenoxy) is 6. The van der Waals surface area contributed by atoms with Crippen LogP contribution in [0.5, 0.6) is 57.5 Å². The minimum Gasteiger partial charge on any atom is -0.744 e. The number of methoxy groups -OCH3 is 2. The monoisotopic (exact) mass is 1000 g/mol. The van der Waals surface area contributed by atoms with Crippen LogP contribution < -0.4 is 79.8 Å². The van der Waals surface area contributed by atoms with Crippen molar-refractivity contribution in [3.63, 3.8) is 0 Å². The van der Waals surface area contributed by atoms with E-state index in [0.29, 0.717) is 45.8 Å². The molecular weight excluding hydrogens is 968 g/mol. The third-order valence-electron chi connectivity index (χ3n) is 10.3. The maximum Gasteiger partial charge on any atom is 1.00 e. The average molecular weight is 1010 g/mol. The van der Waals surface area contributed by atoms with Crippen molar-refractivity contribution in [2.75, 3.05) is 14.2 Å². The summed E-state index contributed by atoms with van der Waals surface area (Å²) in [4.78, 5) is -0.455. The van der Waals surface area contributed by atoms with E-state index >= 15 is 0 Å². The summed E-state index contributed by atoms with van der Waals surface area (Å²) < 4.78 is 123. The normalized spacial score (nSPS) is 11.3. The zero-order valence-corrected chi connectivity index (χ0v) is 42.5. The number of hydrogen-bond donors (Lipinski definition) is 0. The molecule has 0 saturated carbocycles. The van der Waals surface area contributed by atoms with Gasteiger partial charge in [-0.2, -0.15) is 0 Å². The molecule has 8 rings (SSSR count). The van der Waals surface area contributed by atoms with Gasteiger partial charge in [0.05, 0.1) is 39.4 Å². The predicted octanol–water partition coefficient (Wildman–Crippen LogP) is 8.10. The van der Waals surface area contributed by atoms with Crippen LogP contribution in [0.15, 0.2) is 206 Å². The summed E-state index contributed by atoms with van der Waals surface area (Å²) in [5.41, 5.74) is 2.33. The van der Waals surface area contributed by atoms with E-state index in [2.05, 4.69) is 5.92 Å². The van der Waals surface area contributed by atoms with E-state index < -0.39 is 34.7 Å². The Hall–Kier alpha value is -6.43. The molecule has 17 heteroatoms. The van der Waals surface area contributed by atoms with E-state index in [1.165, 1.54) is 99.1 Å². The van der Waals surface area contributed by atoms with Crippen LogP contribution in [0.1, 0.15) is 5.56 Å². The molecule has 0 N–H and O–H groups in total. The van der Waals surface area contributed by atoms with Crippen LogP contribution in [0, 0.1) is 12.3 Å². The third kappa shape index (κ3) is 11.9. The van der Waals surface area contributed by atoms with Gasteiger partial charge in [-0.15, -0.1) is 6.42 Å². The Bertz CT molecular complexity index is 3490. The Kier molecular flexibility index (Phi) is 15.7. The molecule has 0 radical (unpaired) electrons. The van der Waals surface area contributed by atoms with E-state index in [1.807, 2.05) is 24.3 Å². The molecule has 0 unspecified atom stereocenters. The molecule has 0 saturated heterocycles. The van der Waals surface area contributed by atoms with Crippen LogP contribution in [-0.2, 0) is 29.8 Å². The summed E-state index contributed by atoms with van der Waals surface area (Å²) in [5, 5.41) is 0. The Morgan fingerprint density at radius 2 is 0.710 bits per heavy atom. The van der Waals surface area contributed by atoms with Crippen molar-refractivity contribution in [1.29, 1.82) is 0 Å². The molecule has 0 heterocycles. The Morgan fingerprint density at radius 1 is 0.391 bits per heavy atom. The second-order valence-electron chi connectivity index (χ2n) is 14.6. The molecule has 8 aromatic carbocycles. The Balaban J connectivity index is 0.00000703.